The first-order chi connectivity index (χ1) is 15.2. The van der Waals surface area contributed by atoms with Gasteiger partial charge in [-0.1, -0.05) is 48.6 Å². The smallest absolute Gasteiger partial charge is 0.339 e. The fraction of sp³-hybridized carbons (Fsp3) is 0.130. The molecule has 156 valence electrons. The average Bonchev–Trinajstić information content (AvgIpc) is 3.23. The van der Waals surface area contributed by atoms with Crippen LogP contribution in [0.4, 0.5) is 11.6 Å². The standard InChI is InChI=1S/C23H20N4O3S/c1-3-20-27-21(15-7-5-4-6-8-15)23(31-20)30-17-11-12-24-19(13-17)26-18-10-9-16(14-25-18)22(28)29-2/h4-14H,3H2,1-2H3,(H,24,25,26). The van der Waals surface area contributed by atoms with E-state index in [-0.39, 0.29) is 0 Å². The van der Waals surface area contributed by atoms with Crippen LogP contribution in [0.25, 0.3) is 11.3 Å². The second kappa shape index (κ2) is 9.36. The highest BCUT2D eigenvalue weighted by molar-refractivity contribution is 7.14. The first-order valence-corrected chi connectivity index (χ1v) is 10.5. The second-order valence-electron chi connectivity index (χ2n) is 6.49. The van der Waals surface area contributed by atoms with Crippen LogP contribution in [0.15, 0.2) is 67.0 Å². The van der Waals surface area contributed by atoms with Crippen molar-refractivity contribution in [3.05, 3.63) is 77.6 Å². The molecule has 31 heavy (non-hydrogen) atoms. The summed E-state index contributed by atoms with van der Waals surface area (Å²) in [7, 11) is 1.33. The Labute approximate surface area is 183 Å². The highest BCUT2D eigenvalue weighted by atomic mass is 32.1. The normalized spacial score (nSPS) is 10.5. The number of aryl methyl sites for hydroxylation is 1. The Balaban J connectivity index is 1.54. The van der Waals surface area contributed by atoms with Gasteiger partial charge in [0, 0.05) is 24.0 Å². The molecule has 0 saturated carbocycles. The third-order valence-corrected chi connectivity index (χ3v) is 5.45. The number of ether oxygens (including phenoxy) is 2. The number of methoxy groups -OCH3 is 1. The van der Waals surface area contributed by atoms with Crippen LogP contribution >= 0.6 is 11.3 Å². The zero-order valence-corrected chi connectivity index (χ0v) is 17.8. The Kier molecular flexibility index (Phi) is 6.18. The lowest BCUT2D eigenvalue weighted by atomic mass is 10.2. The second-order valence-corrected chi connectivity index (χ2v) is 7.54. The van der Waals surface area contributed by atoms with Crippen molar-refractivity contribution in [2.75, 3.05) is 12.4 Å². The molecule has 0 amide bonds. The number of aromatic nitrogens is 3. The highest BCUT2D eigenvalue weighted by Gasteiger charge is 2.15. The fourth-order valence-corrected chi connectivity index (χ4v) is 3.73. The minimum Gasteiger partial charge on any atom is -0.465 e. The third kappa shape index (κ3) is 4.87. The van der Waals surface area contributed by atoms with Crippen molar-refractivity contribution in [3.8, 4) is 22.1 Å². The van der Waals surface area contributed by atoms with E-state index >= 15 is 0 Å². The van der Waals surface area contributed by atoms with Gasteiger partial charge in [-0.05, 0) is 24.6 Å². The average molecular weight is 433 g/mol. The Morgan fingerprint density at radius 2 is 1.90 bits per heavy atom. The maximum absolute atomic E-state index is 11.5. The van der Waals surface area contributed by atoms with E-state index in [1.165, 1.54) is 24.6 Å². The van der Waals surface area contributed by atoms with Crippen LogP contribution in [-0.4, -0.2) is 28.0 Å². The molecule has 0 fully saturated rings. The van der Waals surface area contributed by atoms with Crippen molar-refractivity contribution in [1.29, 1.82) is 0 Å². The lowest BCUT2D eigenvalue weighted by Gasteiger charge is -2.09. The first-order valence-electron chi connectivity index (χ1n) is 9.66. The highest BCUT2D eigenvalue weighted by Crippen LogP contribution is 2.38. The van der Waals surface area contributed by atoms with Gasteiger partial charge in [-0.15, -0.1) is 0 Å². The van der Waals surface area contributed by atoms with Crippen LogP contribution < -0.4 is 10.1 Å². The summed E-state index contributed by atoms with van der Waals surface area (Å²) >= 11 is 1.54. The van der Waals surface area contributed by atoms with Gasteiger partial charge in [-0.3, -0.25) is 0 Å². The van der Waals surface area contributed by atoms with Crippen molar-refractivity contribution in [1.82, 2.24) is 15.0 Å². The molecule has 1 N–H and O–H groups in total. The molecule has 0 unspecified atom stereocenters. The number of rotatable bonds is 7. The van der Waals surface area contributed by atoms with Crippen LogP contribution in [0.3, 0.4) is 0 Å². The predicted octanol–water partition coefficient (Wildman–Crippen LogP) is 5.49. The molecule has 7 nitrogen and oxygen atoms in total. The molecular formula is C23H20N4O3S. The van der Waals surface area contributed by atoms with Gasteiger partial charge in [0.05, 0.1) is 17.7 Å². The van der Waals surface area contributed by atoms with Crippen molar-refractivity contribution in [2.45, 2.75) is 13.3 Å². The summed E-state index contributed by atoms with van der Waals surface area (Å²) in [5.41, 5.74) is 2.22. The molecule has 0 spiro atoms. The van der Waals surface area contributed by atoms with Crippen molar-refractivity contribution in [2.24, 2.45) is 0 Å². The quantitative estimate of drug-likeness (QED) is 0.387. The van der Waals surface area contributed by atoms with E-state index in [2.05, 4.69) is 26.9 Å². The molecular weight excluding hydrogens is 412 g/mol. The van der Waals surface area contributed by atoms with Crippen LogP contribution in [-0.2, 0) is 11.2 Å². The zero-order chi connectivity index (χ0) is 21.6. The van der Waals surface area contributed by atoms with Crippen LogP contribution in [0.5, 0.6) is 10.8 Å². The van der Waals surface area contributed by atoms with Crippen LogP contribution in [0.2, 0.25) is 0 Å². The van der Waals surface area contributed by atoms with Gasteiger partial charge in [0.25, 0.3) is 0 Å². The van der Waals surface area contributed by atoms with E-state index < -0.39 is 5.97 Å². The van der Waals surface area contributed by atoms with Crippen LogP contribution in [0.1, 0.15) is 22.3 Å². The minimum atomic E-state index is -0.433. The van der Waals surface area contributed by atoms with Gasteiger partial charge >= 0.3 is 5.97 Å². The summed E-state index contributed by atoms with van der Waals surface area (Å²) in [6.45, 7) is 2.07. The molecule has 0 radical (unpaired) electrons. The van der Waals surface area contributed by atoms with Gasteiger partial charge in [0.1, 0.15) is 23.1 Å². The molecule has 8 heteroatoms. The maximum Gasteiger partial charge on any atom is 0.339 e. The van der Waals surface area contributed by atoms with Gasteiger partial charge in [0.2, 0.25) is 5.06 Å². The largest absolute Gasteiger partial charge is 0.465 e. The molecule has 0 saturated heterocycles. The van der Waals surface area contributed by atoms with Gasteiger partial charge < -0.3 is 14.8 Å². The van der Waals surface area contributed by atoms with Gasteiger partial charge in [-0.2, -0.15) is 0 Å². The summed E-state index contributed by atoms with van der Waals surface area (Å²) in [5.74, 6) is 1.32. The van der Waals surface area contributed by atoms with Gasteiger partial charge in [-0.25, -0.2) is 19.7 Å². The SMILES string of the molecule is CCc1nc(-c2ccccc2)c(Oc2ccnc(Nc3ccc(C(=O)OC)cn3)c2)s1. The molecule has 3 heterocycles. The number of carbonyl (C=O) groups excluding carboxylic acids is 1. The molecule has 4 aromatic rings. The fourth-order valence-electron chi connectivity index (χ4n) is 2.83. The number of esters is 1. The predicted molar refractivity (Wildman–Crippen MR) is 120 cm³/mol. The van der Waals surface area contributed by atoms with Crippen LogP contribution in [0, 0.1) is 0 Å². The molecule has 0 aliphatic rings. The monoisotopic (exact) mass is 432 g/mol. The lowest BCUT2D eigenvalue weighted by Crippen LogP contribution is -2.03. The van der Waals surface area contributed by atoms with E-state index in [9.17, 15) is 4.79 Å². The maximum atomic E-state index is 11.5. The summed E-state index contributed by atoms with van der Waals surface area (Å²) in [5, 5.41) is 4.86. The Morgan fingerprint density at radius 3 is 2.61 bits per heavy atom. The molecule has 0 aliphatic heterocycles. The van der Waals surface area contributed by atoms with E-state index in [4.69, 9.17) is 9.72 Å². The van der Waals surface area contributed by atoms with E-state index in [1.807, 2.05) is 30.3 Å². The van der Waals surface area contributed by atoms with E-state index in [0.717, 1.165) is 27.7 Å². The molecule has 1 aromatic carbocycles. The number of pyridine rings is 2. The number of benzene rings is 1. The molecule has 0 atom stereocenters. The Bertz CT molecular complexity index is 1180. The van der Waals surface area contributed by atoms with E-state index in [0.29, 0.717) is 22.9 Å². The number of nitrogens with one attached hydrogen (secondary N) is 1. The molecule has 3 aromatic heterocycles. The lowest BCUT2D eigenvalue weighted by molar-refractivity contribution is 0.0600. The van der Waals surface area contributed by atoms with Crippen molar-refractivity contribution >= 4 is 28.9 Å². The third-order valence-electron chi connectivity index (χ3n) is 4.37. The molecule has 4 rings (SSSR count). The van der Waals surface area contributed by atoms with Gasteiger partial charge in [0.15, 0.2) is 0 Å². The number of anilines is 2. The number of hydrogen-bond donors (Lipinski definition) is 1. The number of carbonyl (C=O) groups is 1. The summed E-state index contributed by atoms with van der Waals surface area (Å²) in [6, 6.07) is 16.9. The summed E-state index contributed by atoms with van der Waals surface area (Å²) in [4.78, 5) is 24.8. The Hall–Kier alpha value is -3.78. The summed E-state index contributed by atoms with van der Waals surface area (Å²) in [6.07, 6.45) is 3.94. The Morgan fingerprint density at radius 1 is 1.06 bits per heavy atom. The van der Waals surface area contributed by atoms with Crippen molar-refractivity contribution in [3.63, 3.8) is 0 Å². The molecule has 0 aliphatic carbocycles. The number of hydrogen-bond acceptors (Lipinski definition) is 8. The topological polar surface area (TPSA) is 86.2 Å². The summed E-state index contributed by atoms with van der Waals surface area (Å²) < 4.78 is 10.9. The number of nitrogens with zero attached hydrogens (tertiary/aromatic N) is 3. The van der Waals surface area contributed by atoms with Crippen molar-refractivity contribution < 1.29 is 14.3 Å². The first kappa shape index (κ1) is 20.5. The minimum absolute atomic E-state index is 0.378. The molecule has 0 bridgehead atoms. The number of thiazole rings is 1. The van der Waals surface area contributed by atoms with E-state index in [1.54, 1.807) is 30.5 Å². The zero-order valence-electron chi connectivity index (χ0n) is 17.0.